The van der Waals surface area contributed by atoms with Crippen molar-refractivity contribution >= 4 is 28.7 Å². The van der Waals surface area contributed by atoms with Crippen LogP contribution in [0.5, 0.6) is 11.5 Å². The van der Waals surface area contributed by atoms with Gasteiger partial charge in [0.25, 0.3) is 5.56 Å². The fraction of sp³-hybridized carbons (Fsp3) is 0.531. The summed E-state index contributed by atoms with van der Waals surface area (Å²) in [6, 6.07) is 10.5. The van der Waals surface area contributed by atoms with Crippen LogP contribution in [0, 0.1) is 22.6 Å². The van der Waals surface area contributed by atoms with Gasteiger partial charge in [-0.1, -0.05) is 19.3 Å². The van der Waals surface area contributed by atoms with Crippen molar-refractivity contribution in [3.8, 4) is 17.6 Å². The number of halogens is 1. The third-order valence-electron chi connectivity index (χ3n) is 9.60. The number of piperidine rings is 1. The van der Waals surface area contributed by atoms with E-state index in [1.807, 2.05) is 6.07 Å². The van der Waals surface area contributed by atoms with E-state index in [0.29, 0.717) is 28.6 Å². The number of benzene rings is 2. The number of hydrogen-bond acceptors (Lipinski definition) is 9. The molecule has 2 aliphatic carbocycles. The Kier molecular flexibility index (Phi) is 8.91. The molecule has 1 spiro atoms. The van der Waals surface area contributed by atoms with Crippen LogP contribution in [0.1, 0.15) is 69.4 Å². The summed E-state index contributed by atoms with van der Waals surface area (Å²) in [5.74, 6) is -0.655. The van der Waals surface area contributed by atoms with E-state index in [4.69, 9.17) is 9.84 Å². The van der Waals surface area contributed by atoms with Crippen molar-refractivity contribution in [3.05, 3.63) is 58.4 Å². The zero-order chi connectivity index (χ0) is 30.0. The molecule has 6 rings (SSSR count). The summed E-state index contributed by atoms with van der Waals surface area (Å²) >= 11 is 1.17. The van der Waals surface area contributed by atoms with Crippen molar-refractivity contribution < 1.29 is 14.2 Å². The summed E-state index contributed by atoms with van der Waals surface area (Å²) < 4.78 is 27.3. The van der Waals surface area contributed by atoms with Crippen LogP contribution >= 0.6 is 12.1 Å². The maximum atomic E-state index is 14.9. The van der Waals surface area contributed by atoms with E-state index in [1.54, 1.807) is 40.4 Å². The van der Waals surface area contributed by atoms with Crippen LogP contribution in [0.3, 0.4) is 0 Å². The van der Waals surface area contributed by atoms with Gasteiger partial charge >= 0.3 is 0 Å². The van der Waals surface area contributed by atoms with Gasteiger partial charge < -0.3 is 19.5 Å². The number of aromatic nitrogens is 2. The number of nitrogens with one attached hydrogen (secondary N) is 1. The molecule has 0 unspecified atom stereocenters. The van der Waals surface area contributed by atoms with Gasteiger partial charge in [0, 0.05) is 30.8 Å². The van der Waals surface area contributed by atoms with E-state index >= 15 is 0 Å². The SMILES string of the molecule is CN(CCO)SNc1ccc(F)c(Oc2ccc3ncn(C4CC5(CCN(C6CCCCC6)CC5)C4)c(=O)c3c2)c1C#N. The summed E-state index contributed by atoms with van der Waals surface area (Å²) in [4.78, 5) is 20.9. The van der Waals surface area contributed by atoms with Gasteiger partial charge in [0.2, 0.25) is 0 Å². The van der Waals surface area contributed by atoms with Crippen LogP contribution < -0.4 is 15.0 Å². The van der Waals surface area contributed by atoms with E-state index in [1.165, 1.54) is 82.3 Å². The van der Waals surface area contributed by atoms with E-state index in [2.05, 4.69) is 14.6 Å². The molecular formula is C32H39FN6O3S. The first-order valence-corrected chi connectivity index (χ1v) is 16.1. The van der Waals surface area contributed by atoms with E-state index in [-0.39, 0.29) is 35.3 Å². The highest BCUT2D eigenvalue weighted by Crippen LogP contribution is 2.54. The average molecular weight is 607 g/mol. The first-order chi connectivity index (χ1) is 20.9. The van der Waals surface area contributed by atoms with Crippen LogP contribution in [0.2, 0.25) is 0 Å². The molecule has 3 aliphatic rings. The maximum Gasteiger partial charge on any atom is 0.261 e. The third-order valence-corrected chi connectivity index (χ3v) is 10.4. The topological polar surface area (TPSA) is 107 Å². The number of hydrogen-bond donors (Lipinski definition) is 2. The Balaban J connectivity index is 1.16. The molecular weight excluding hydrogens is 567 g/mol. The van der Waals surface area contributed by atoms with E-state index in [0.717, 1.165) is 18.9 Å². The van der Waals surface area contributed by atoms with Gasteiger partial charge in [0.1, 0.15) is 17.4 Å². The molecule has 228 valence electrons. The molecule has 0 amide bonds. The fourth-order valence-corrected chi connectivity index (χ4v) is 7.67. The zero-order valence-electron chi connectivity index (χ0n) is 24.6. The second kappa shape index (κ2) is 12.8. The molecule has 1 saturated heterocycles. The summed E-state index contributed by atoms with van der Waals surface area (Å²) in [6.45, 7) is 2.72. The zero-order valence-corrected chi connectivity index (χ0v) is 25.4. The highest BCUT2D eigenvalue weighted by Gasteiger charge is 2.47. The predicted octanol–water partition coefficient (Wildman–Crippen LogP) is 5.85. The second-order valence-corrected chi connectivity index (χ2v) is 13.3. The predicted molar refractivity (Wildman–Crippen MR) is 167 cm³/mol. The number of nitriles is 1. The lowest BCUT2D eigenvalue weighted by Gasteiger charge is -2.53. The van der Waals surface area contributed by atoms with Gasteiger partial charge in [-0.05, 0) is 94.4 Å². The molecule has 2 heterocycles. The molecule has 0 bridgehead atoms. The molecule has 2 saturated carbocycles. The van der Waals surface area contributed by atoms with E-state index in [9.17, 15) is 14.4 Å². The van der Waals surface area contributed by atoms with Gasteiger partial charge in [-0.15, -0.1) is 0 Å². The molecule has 9 nitrogen and oxygen atoms in total. The first-order valence-electron chi connectivity index (χ1n) is 15.3. The van der Waals surface area contributed by atoms with Crippen molar-refractivity contribution in [2.75, 3.05) is 38.0 Å². The largest absolute Gasteiger partial charge is 0.453 e. The molecule has 0 atom stereocenters. The Morgan fingerprint density at radius 1 is 1.19 bits per heavy atom. The van der Waals surface area contributed by atoms with Crippen molar-refractivity contribution in [2.45, 2.75) is 69.9 Å². The number of ether oxygens (including phenoxy) is 1. The minimum absolute atomic E-state index is 0.00268. The first kappa shape index (κ1) is 29.9. The van der Waals surface area contributed by atoms with Crippen LogP contribution in [-0.4, -0.2) is 63.2 Å². The number of fused-ring (bicyclic) bond motifs is 1. The van der Waals surface area contributed by atoms with Crippen LogP contribution in [0.15, 0.2) is 41.5 Å². The quantitative estimate of drug-likeness (QED) is 0.290. The van der Waals surface area contributed by atoms with Crippen molar-refractivity contribution in [1.82, 2.24) is 18.8 Å². The molecule has 3 fully saturated rings. The van der Waals surface area contributed by atoms with Crippen molar-refractivity contribution in [1.29, 1.82) is 5.26 Å². The normalized spacial score (nSPS) is 19.4. The van der Waals surface area contributed by atoms with Crippen LogP contribution in [0.25, 0.3) is 10.9 Å². The van der Waals surface area contributed by atoms with Gasteiger partial charge in [0.05, 0.1) is 29.5 Å². The summed E-state index contributed by atoms with van der Waals surface area (Å²) in [5, 5.41) is 19.4. The summed E-state index contributed by atoms with van der Waals surface area (Å²) in [6.07, 6.45) is 12.8. The van der Waals surface area contributed by atoms with Crippen molar-refractivity contribution in [2.24, 2.45) is 5.41 Å². The maximum absolute atomic E-state index is 14.9. The Morgan fingerprint density at radius 2 is 1.95 bits per heavy atom. The van der Waals surface area contributed by atoms with Gasteiger partial charge in [-0.25, -0.2) is 13.7 Å². The lowest BCUT2D eigenvalue weighted by Crippen LogP contribution is -2.51. The number of rotatable bonds is 9. The molecule has 1 aromatic heterocycles. The average Bonchev–Trinajstić information content (AvgIpc) is 3.01. The molecule has 2 N–H and O–H groups in total. The van der Waals surface area contributed by atoms with Crippen molar-refractivity contribution in [3.63, 3.8) is 0 Å². The number of aliphatic hydroxyl groups is 1. The Labute approximate surface area is 255 Å². The molecule has 43 heavy (non-hydrogen) atoms. The number of likely N-dealkylation sites (N-methyl/N-ethyl adjacent to an activating group) is 1. The second-order valence-electron chi connectivity index (χ2n) is 12.3. The molecule has 0 radical (unpaired) electrons. The van der Waals surface area contributed by atoms with Gasteiger partial charge in [-0.3, -0.25) is 9.36 Å². The van der Waals surface area contributed by atoms with Crippen LogP contribution in [-0.2, 0) is 0 Å². The van der Waals surface area contributed by atoms with E-state index < -0.39 is 5.82 Å². The molecule has 1 aliphatic heterocycles. The van der Waals surface area contributed by atoms with Crippen LogP contribution in [0.4, 0.5) is 10.1 Å². The minimum atomic E-state index is -0.686. The Bertz CT molecular complexity index is 1550. The standard InChI is InChI=1S/C32H39FN6O3S/c1-37(15-16-40)43-36-29-10-8-27(33)30(26(29)20-34)42-24-7-9-28-25(17-24)31(41)39(21-35-28)23-18-32(19-23)11-13-38(14-12-32)22-5-3-2-4-6-22/h7-10,17,21-23,36,40H,2-6,11-16,18-19H2,1H3. The third kappa shape index (κ3) is 6.25. The summed E-state index contributed by atoms with van der Waals surface area (Å²) in [5.41, 5.74) is 1.12. The number of anilines is 1. The molecule has 11 heteroatoms. The molecule has 2 aromatic carbocycles. The highest BCUT2D eigenvalue weighted by atomic mass is 32.2. The summed E-state index contributed by atoms with van der Waals surface area (Å²) in [7, 11) is 1.78. The monoisotopic (exact) mass is 606 g/mol. The fourth-order valence-electron chi connectivity index (χ4n) is 7.08. The Morgan fingerprint density at radius 3 is 2.67 bits per heavy atom. The lowest BCUT2D eigenvalue weighted by molar-refractivity contribution is -0.0240. The number of aliphatic hydroxyl groups excluding tert-OH is 1. The van der Waals surface area contributed by atoms with Gasteiger partial charge in [-0.2, -0.15) is 5.26 Å². The number of nitrogens with zero attached hydrogens (tertiary/aromatic N) is 5. The Hall–Kier alpha value is -3.17. The molecule has 3 aromatic rings. The minimum Gasteiger partial charge on any atom is -0.453 e. The smallest absolute Gasteiger partial charge is 0.261 e. The van der Waals surface area contributed by atoms with Gasteiger partial charge in [0.15, 0.2) is 11.6 Å². The number of likely N-dealkylation sites (tertiary alicyclic amines) is 1. The lowest BCUT2D eigenvalue weighted by atomic mass is 9.60. The highest BCUT2D eigenvalue weighted by molar-refractivity contribution is 7.98.